The van der Waals surface area contributed by atoms with Crippen LogP contribution in [0.3, 0.4) is 0 Å². The lowest BCUT2D eigenvalue weighted by atomic mass is 9.66. The summed E-state index contributed by atoms with van der Waals surface area (Å²) in [5.41, 5.74) is -0.220. The Labute approximate surface area is 119 Å². The number of rotatable bonds is 6. The van der Waals surface area contributed by atoms with Crippen LogP contribution in [0.2, 0.25) is 0 Å². The average molecular weight is 284 g/mol. The van der Waals surface area contributed by atoms with Crippen molar-refractivity contribution < 1.29 is 19.4 Å². The first-order valence-corrected chi connectivity index (χ1v) is 7.41. The van der Waals surface area contributed by atoms with Crippen LogP contribution in [-0.2, 0) is 9.53 Å². The quantitative estimate of drug-likeness (QED) is 0.687. The van der Waals surface area contributed by atoms with Crippen molar-refractivity contribution in [2.24, 2.45) is 11.3 Å². The zero-order chi connectivity index (χ0) is 14.4. The molecule has 1 saturated heterocycles. The van der Waals surface area contributed by atoms with Crippen molar-refractivity contribution in [2.75, 3.05) is 26.3 Å². The highest BCUT2D eigenvalue weighted by Gasteiger charge is 2.39. The molecule has 0 aromatic heterocycles. The summed E-state index contributed by atoms with van der Waals surface area (Å²) in [7, 11) is 0. The molecule has 2 rings (SSSR count). The molecule has 2 aliphatic rings. The SMILES string of the molecule is O=C(O)CC1(CNC(=O)NCC2CCOCC2)CCC1. The van der Waals surface area contributed by atoms with Gasteiger partial charge < -0.3 is 20.5 Å². The molecule has 20 heavy (non-hydrogen) atoms. The van der Waals surface area contributed by atoms with Gasteiger partial charge in [0, 0.05) is 26.3 Å². The van der Waals surface area contributed by atoms with Crippen molar-refractivity contribution in [2.45, 2.75) is 38.5 Å². The van der Waals surface area contributed by atoms with Gasteiger partial charge in [-0.2, -0.15) is 0 Å². The Bertz CT molecular complexity index is 349. The molecule has 0 bridgehead atoms. The van der Waals surface area contributed by atoms with Crippen LogP contribution in [0.4, 0.5) is 4.79 Å². The molecule has 6 nitrogen and oxygen atoms in total. The summed E-state index contributed by atoms with van der Waals surface area (Å²) in [6.45, 7) is 2.67. The molecular formula is C14H24N2O4. The van der Waals surface area contributed by atoms with Gasteiger partial charge >= 0.3 is 12.0 Å². The van der Waals surface area contributed by atoms with E-state index in [1.54, 1.807) is 0 Å². The fourth-order valence-electron chi connectivity index (χ4n) is 2.93. The van der Waals surface area contributed by atoms with E-state index in [0.717, 1.165) is 45.3 Å². The third-order valence-corrected chi connectivity index (χ3v) is 4.46. The minimum Gasteiger partial charge on any atom is -0.481 e. The maximum Gasteiger partial charge on any atom is 0.314 e. The molecule has 0 unspecified atom stereocenters. The lowest BCUT2D eigenvalue weighted by molar-refractivity contribution is -0.141. The van der Waals surface area contributed by atoms with Crippen LogP contribution in [0.15, 0.2) is 0 Å². The lowest BCUT2D eigenvalue weighted by Crippen LogP contribution is -2.47. The number of nitrogens with one attached hydrogen (secondary N) is 2. The number of carbonyl (C=O) groups excluding carboxylic acids is 1. The zero-order valence-corrected chi connectivity index (χ0v) is 11.8. The summed E-state index contributed by atoms with van der Waals surface area (Å²) in [4.78, 5) is 22.6. The molecular weight excluding hydrogens is 260 g/mol. The zero-order valence-electron chi connectivity index (χ0n) is 11.8. The van der Waals surface area contributed by atoms with E-state index in [1.165, 1.54) is 0 Å². The molecule has 0 radical (unpaired) electrons. The van der Waals surface area contributed by atoms with E-state index < -0.39 is 5.97 Å². The lowest BCUT2D eigenvalue weighted by Gasteiger charge is -2.40. The predicted octanol–water partition coefficient (Wildman–Crippen LogP) is 1.36. The summed E-state index contributed by atoms with van der Waals surface area (Å²) >= 11 is 0. The van der Waals surface area contributed by atoms with Gasteiger partial charge in [-0.25, -0.2) is 4.79 Å². The number of amides is 2. The largest absolute Gasteiger partial charge is 0.481 e. The summed E-state index contributed by atoms with van der Waals surface area (Å²) in [6.07, 6.45) is 4.96. The molecule has 3 N–H and O–H groups in total. The van der Waals surface area contributed by atoms with E-state index in [9.17, 15) is 9.59 Å². The minimum absolute atomic E-state index is 0.146. The highest BCUT2D eigenvalue weighted by molar-refractivity contribution is 5.74. The fourth-order valence-corrected chi connectivity index (χ4v) is 2.93. The molecule has 2 amide bonds. The van der Waals surface area contributed by atoms with Crippen molar-refractivity contribution in [3.63, 3.8) is 0 Å². The fraction of sp³-hybridized carbons (Fsp3) is 0.857. The maximum absolute atomic E-state index is 11.8. The van der Waals surface area contributed by atoms with Gasteiger partial charge in [-0.1, -0.05) is 6.42 Å². The number of ether oxygens (including phenoxy) is 1. The van der Waals surface area contributed by atoms with Crippen LogP contribution in [0, 0.1) is 11.3 Å². The summed E-state index contributed by atoms with van der Waals surface area (Å²) in [5.74, 6) is -0.291. The van der Waals surface area contributed by atoms with Gasteiger partial charge in [0.2, 0.25) is 0 Å². The van der Waals surface area contributed by atoms with Crippen molar-refractivity contribution >= 4 is 12.0 Å². The molecule has 1 heterocycles. The van der Waals surface area contributed by atoms with Crippen LogP contribution < -0.4 is 10.6 Å². The molecule has 1 saturated carbocycles. The summed E-state index contributed by atoms with van der Waals surface area (Å²) in [6, 6.07) is -0.187. The third-order valence-electron chi connectivity index (χ3n) is 4.46. The highest BCUT2D eigenvalue weighted by atomic mass is 16.5. The van der Waals surface area contributed by atoms with Crippen LogP contribution >= 0.6 is 0 Å². The second kappa shape index (κ2) is 6.92. The normalized spacial score (nSPS) is 21.8. The van der Waals surface area contributed by atoms with Crippen LogP contribution in [0.5, 0.6) is 0 Å². The average Bonchev–Trinajstić information content (AvgIpc) is 2.40. The molecule has 2 fully saturated rings. The molecule has 6 heteroatoms. The Morgan fingerprint density at radius 3 is 2.45 bits per heavy atom. The number of urea groups is 1. The molecule has 0 aromatic rings. The van der Waals surface area contributed by atoms with Gasteiger partial charge in [0.25, 0.3) is 0 Å². The third kappa shape index (κ3) is 4.37. The number of hydrogen-bond donors (Lipinski definition) is 3. The topological polar surface area (TPSA) is 87.7 Å². The number of carboxylic acids is 1. The maximum atomic E-state index is 11.8. The van der Waals surface area contributed by atoms with Gasteiger partial charge in [-0.15, -0.1) is 0 Å². The van der Waals surface area contributed by atoms with Gasteiger partial charge in [0.1, 0.15) is 0 Å². The van der Waals surface area contributed by atoms with Crippen LogP contribution in [0.1, 0.15) is 38.5 Å². The molecule has 114 valence electrons. The predicted molar refractivity (Wildman–Crippen MR) is 73.5 cm³/mol. The smallest absolute Gasteiger partial charge is 0.314 e. The number of carboxylic acid groups (broad SMARTS) is 1. The molecule has 0 spiro atoms. The second-order valence-electron chi connectivity index (χ2n) is 6.04. The van der Waals surface area contributed by atoms with E-state index in [-0.39, 0.29) is 17.9 Å². The van der Waals surface area contributed by atoms with Gasteiger partial charge in [-0.3, -0.25) is 4.79 Å². The Morgan fingerprint density at radius 2 is 1.90 bits per heavy atom. The van der Waals surface area contributed by atoms with E-state index >= 15 is 0 Å². The first kappa shape index (κ1) is 15.1. The highest BCUT2D eigenvalue weighted by Crippen LogP contribution is 2.43. The Balaban J connectivity index is 1.65. The van der Waals surface area contributed by atoms with Crippen molar-refractivity contribution in [1.29, 1.82) is 0 Å². The van der Waals surface area contributed by atoms with E-state index in [1.807, 2.05) is 0 Å². The van der Waals surface area contributed by atoms with Crippen LogP contribution in [-0.4, -0.2) is 43.4 Å². The monoisotopic (exact) mass is 284 g/mol. The van der Waals surface area contributed by atoms with E-state index in [0.29, 0.717) is 19.0 Å². The van der Waals surface area contributed by atoms with Crippen molar-refractivity contribution in [3.8, 4) is 0 Å². The van der Waals surface area contributed by atoms with E-state index in [4.69, 9.17) is 9.84 Å². The summed E-state index contributed by atoms with van der Waals surface area (Å²) in [5, 5.41) is 14.6. The van der Waals surface area contributed by atoms with Gasteiger partial charge in [0.15, 0.2) is 0 Å². The number of carbonyl (C=O) groups is 2. The summed E-state index contributed by atoms with van der Waals surface area (Å²) < 4.78 is 5.27. The minimum atomic E-state index is -0.783. The second-order valence-corrected chi connectivity index (χ2v) is 6.04. The standard InChI is InChI=1S/C14H24N2O4/c17-12(18)8-14(4-1-5-14)10-16-13(19)15-9-11-2-6-20-7-3-11/h11H,1-10H2,(H,17,18)(H2,15,16,19). The van der Waals surface area contributed by atoms with Crippen LogP contribution in [0.25, 0.3) is 0 Å². The van der Waals surface area contributed by atoms with E-state index in [2.05, 4.69) is 10.6 Å². The first-order chi connectivity index (χ1) is 9.60. The van der Waals surface area contributed by atoms with Gasteiger partial charge in [-0.05, 0) is 37.0 Å². The first-order valence-electron chi connectivity index (χ1n) is 7.41. The Kier molecular flexibility index (Phi) is 5.23. The van der Waals surface area contributed by atoms with Crippen molar-refractivity contribution in [1.82, 2.24) is 10.6 Å². The molecule has 1 aliphatic carbocycles. The van der Waals surface area contributed by atoms with Crippen molar-refractivity contribution in [3.05, 3.63) is 0 Å². The van der Waals surface area contributed by atoms with Gasteiger partial charge in [0.05, 0.1) is 6.42 Å². The molecule has 0 aromatic carbocycles. The number of aliphatic carboxylic acids is 1. The Hall–Kier alpha value is -1.30. The Morgan fingerprint density at radius 1 is 1.20 bits per heavy atom. The molecule has 0 atom stereocenters. The molecule has 1 aliphatic heterocycles. The number of hydrogen-bond acceptors (Lipinski definition) is 3.